The fourth-order valence-electron chi connectivity index (χ4n) is 11.9. The number of hydrogen-bond donors (Lipinski definition) is 3. The summed E-state index contributed by atoms with van der Waals surface area (Å²) in [7, 11) is 0. The molecule has 0 aromatic carbocycles. The molecule has 4 saturated carbocycles. The predicted molar refractivity (Wildman–Crippen MR) is 210 cm³/mol. The molecular formula is C43H84N4O3. The van der Waals surface area contributed by atoms with Crippen LogP contribution in [0.4, 0.5) is 0 Å². The van der Waals surface area contributed by atoms with Crippen LogP contribution in [0.1, 0.15) is 150 Å². The molecule has 0 aromatic rings. The fourth-order valence-corrected chi connectivity index (χ4v) is 11.9. The Bertz CT molecular complexity index is 915. The van der Waals surface area contributed by atoms with E-state index in [1.54, 1.807) is 0 Å². The highest BCUT2D eigenvalue weighted by Crippen LogP contribution is 2.69. The zero-order valence-electron chi connectivity index (χ0n) is 33.7. The summed E-state index contributed by atoms with van der Waals surface area (Å²) in [6, 6.07) is 0. The van der Waals surface area contributed by atoms with E-state index >= 15 is 0 Å². The van der Waals surface area contributed by atoms with Crippen LogP contribution in [0.25, 0.3) is 0 Å². The van der Waals surface area contributed by atoms with Gasteiger partial charge in [-0.15, -0.1) is 0 Å². The van der Waals surface area contributed by atoms with Crippen LogP contribution in [0.15, 0.2) is 0 Å². The number of fused-ring (bicyclic) bond motifs is 5. The van der Waals surface area contributed by atoms with Crippen molar-refractivity contribution in [2.24, 2.45) is 63.5 Å². The van der Waals surface area contributed by atoms with Gasteiger partial charge >= 0.3 is 0 Å². The minimum atomic E-state index is 0.179. The van der Waals surface area contributed by atoms with Crippen LogP contribution in [0, 0.1) is 46.3 Å². The first-order valence-corrected chi connectivity index (χ1v) is 22.0. The molecule has 0 amide bonds. The van der Waals surface area contributed by atoms with Crippen molar-refractivity contribution in [3.8, 4) is 0 Å². The van der Waals surface area contributed by atoms with Crippen LogP contribution in [0.3, 0.4) is 0 Å². The highest BCUT2D eigenvalue weighted by molar-refractivity contribution is 5.15. The molecule has 4 aliphatic carbocycles. The molecule has 0 bridgehead atoms. The fraction of sp³-hybridized carbons (Fsp3) is 1.00. The van der Waals surface area contributed by atoms with Gasteiger partial charge < -0.3 is 36.3 Å². The minimum absolute atomic E-state index is 0.179. The number of hydrogen-bond acceptors (Lipinski definition) is 7. The number of rotatable bonds is 25. The first-order valence-electron chi connectivity index (χ1n) is 22.0. The molecule has 50 heavy (non-hydrogen) atoms. The molecule has 7 nitrogen and oxygen atoms in total. The second kappa shape index (κ2) is 21.6. The van der Waals surface area contributed by atoms with Crippen LogP contribution in [-0.4, -0.2) is 82.3 Å². The summed E-state index contributed by atoms with van der Waals surface area (Å²) in [5.41, 5.74) is 18.3. The van der Waals surface area contributed by atoms with Gasteiger partial charge in [-0.3, -0.25) is 0 Å². The Morgan fingerprint density at radius 2 is 1.30 bits per heavy atom. The van der Waals surface area contributed by atoms with Gasteiger partial charge in [-0.05, 0) is 170 Å². The SMILES string of the molecule is CCCCCN(CCCCC)CCC[C@@H](C)[C@H]1CC[C@H]2C3C(OCCCN)CC4C[C@H](OCCCN)CC[C@]4(C)[C@H]3C[C@H](OCCCN)[C@]12C. The largest absolute Gasteiger partial charge is 0.378 e. The van der Waals surface area contributed by atoms with Gasteiger partial charge in [0.1, 0.15) is 0 Å². The van der Waals surface area contributed by atoms with Gasteiger partial charge in [0.2, 0.25) is 0 Å². The van der Waals surface area contributed by atoms with E-state index in [1.165, 1.54) is 110 Å². The Kier molecular flexibility index (Phi) is 18.3. The van der Waals surface area contributed by atoms with Crippen molar-refractivity contribution in [3.05, 3.63) is 0 Å². The maximum atomic E-state index is 7.09. The van der Waals surface area contributed by atoms with E-state index in [0.29, 0.717) is 78.9 Å². The summed E-state index contributed by atoms with van der Waals surface area (Å²) in [6.45, 7) is 20.9. The maximum absolute atomic E-state index is 7.09. The van der Waals surface area contributed by atoms with Crippen LogP contribution < -0.4 is 17.2 Å². The zero-order chi connectivity index (χ0) is 36.0. The third-order valence-electron chi connectivity index (χ3n) is 14.8. The van der Waals surface area contributed by atoms with Crippen molar-refractivity contribution in [1.82, 2.24) is 4.90 Å². The monoisotopic (exact) mass is 705 g/mol. The molecule has 4 fully saturated rings. The predicted octanol–water partition coefficient (Wildman–Crippen LogP) is 8.17. The Hall–Kier alpha value is -0.280. The number of nitrogens with zero attached hydrogens (tertiary/aromatic N) is 1. The molecule has 294 valence electrons. The van der Waals surface area contributed by atoms with Gasteiger partial charge in [-0.1, -0.05) is 60.3 Å². The molecule has 6 N–H and O–H groups in total. The first-order chi connectivity index (χ1) is 24.3. The smallest absolute Gasteiger partial charge is 0.0637 e. The topological polar surface area (TPSA) is 109 Å². The highest BCUT2D eigenvalue weighted by Gasteiger charge is 2.66. The van der Waals surface area contributed by atoms with Crippen LogP contribution >= 0.6 is 0 Å². The van der Waals surface area contributed by atoms with Crippen molar-refractivity contribution in [2.75, 3.05) is 59.1 Å². The van der Waals surface area contributed by atoms with Crippen LogP contribution in [-0.2, 0) is 14.2 Å². The molecule has 0 radical (unpaired) electrons. The lowest BCUT2D eigenvalue weighted by Crippen LogP contribution is -2.63. The molecule has 4 rings (SSSR count). The summed E-state index contributed by atoms with van der Waals surface area (Å²) in [6.07, 6.45) is 23.1. The third-order valence-corrected chi connectivity index (χ3v) is 14.8. The Morgan fingerprint density at radius 3 is 1.94 bits per heavy atom. The molecule has 4 aliphatic rings. The maximum Gasteiger partial charge on any atom is 0.0637 e. The van der Waals surface area contributed by atoms with E-state index in [9.17, 15) is 0 Å². The molecule has 0 heterocycles. The second-order valence-corrected chi connectivity index (χ2v) is 17.9. The van der Waals surface area contributed by atoms with Gasteiger partial charge in [-0.2, -0.15) is 0 Å². The van der Waals surface area contributed by atoms with E-state index < -0.39 is 0 Å². The lowest BCUT2D eigenvalue weighted by Gasteiger charge is -2.65. The highest BCUT2D eigenvalue weighted by atomic mass is 16.5. The van der Waals surface area contributed by atoms with Crippen LogP contribution in [0.2, 0.25) is 0 Å². The van der Waals surface area contributed by atoms with Gasteiger partial charge in [0.05, 0.1) is 18.3 Å². The molecule has 0 spiro atoms. The molecule has 7 heteroatoms. The van der Waals surface area contributed by atoms with E-state index in [1.807, 2.05) is 0 Å². The summed E-state index contributed by atoms with van der Waals surface area (Å²) >= 11 is 0. The Labute approximate surface area is 309 Å². The average molecular weight is 705 g/mol. The molecule has 0 saturated heterocycles. The first kappa shape index (κ1) is 42.5. The molecule has 0 aliphatic heterocycles. The lowest BCUT2D eigenvalue weighted by molar-refractivity contribution is -0.227. The van der Waals surface area contributed by atoms with Gasteiger partial charge in [0.15, 0.2) is 0 Å². The molecule has 0 aromatic heterocycles. The van der Waals surface area contributed by atoms with Crippen molar-refractivity contribution in [3.63, 3.8) is 0 Å². The molecule has 11 atom stereocenters. The van der Waals surface area contributed by atoms with E-state index in [-0.39, 0.29) is 5.41 Å². The second-order valence-electron chi connectivity index (χ2n) is 17.9. The normalized spacial score (nSPS) is 35.9. The van der Waals surface area contributed by atoms with Gasteiger partial charge in [-0.25, -0.2) is 0 Å². The van der Waals surface area contributed by atoms with Crippen molar-refractivity contribution >= 4 is 0 Å². The summed E-state index contributed by atoms with van der Waals surface area (Å²) in [5.74, 6) is 3.92. The van der Waals surface area contributed by atoms with Crippen LogP contribution in [0.5, 0.6) is 0 Å². The third kappa shape index (κ3) is 10.5. The van der Waals surface area contributed by atoms with Crippen molar-refractivity contribution < 1.29 is 14.2 Å². The Balaban J connectivity index is 1.53. The summed E-state index contributed by atoms with van der Waals surface area (Å²) in [4.78, 5) is 2.79. The van der Waals surface area contributed by atoms with E-state index in [0.717, 1.165) is 45.5 Å². The standard InChI is InChI=1S/C43H84N4O3/c1-6-8-10-24-47(25-11-9-7-2)26-12-16-33(3)36-17-18-37-41-38(32-40(43(36,37)5)50-29-15-23-46)42(4)20-19-35(48-27-13-21-44)30-34(42)31-39(41)49-28-14-22-45/h33-41H,6-32,44-46H2,1-5H3/t33-,34?,35-,36-,37+,38+,39?,40+,41?,42+,43-/m1/s1. The summed E-state index contributed by atoms with van der Waals surface area (Å²) < 4.78 is 20.5. The minimum Gasteiger partial charge on any atom is -0.378 e. The van der Waals surface area contributed by atoms with Crippen molar-refractivity contribution in [1.29, 1.82) is 0 Å². The number of nitrogens with two attached hydrogens (primary N) is 3. The van der Waals surface area contributed by atoms with E-state index in [2.05, 4.69) is 39.5 Å². The van der Waals surface area contributed by atoms with E-state index in [4.69, 9.17) is 31.4 Å². The summed E-state index contributed by atoms with van der Waals surface area (Å²) in [5, 5.41) is 0. The zero-order valence-corrected chi connectivity index (χ0v) is 33.7. The van der Waals surface area contributed by atoms with Crippen molar-refractivity contribution in [2.45, 2.75) is 169 Å². The lowest BCUT2D eigenvalue weighted by atomic mass is 9.43. The quantitative estimate of drug-likeness (QED) is 0.0823. The molecule has 3 unspecified atom stereocenters. The number of unbranched alkanes of at least 4 members (excludes halogenated alkanes) is 4. The average Bonchev–Trinajstić information content (AvgIpc) is 3.47. The molecular weight excluding hydrogens is 620 g/mol. The van der Waals surface area contributed by atoms with Gasteiger partial charge in [0, 0.05) is 25.2 Å². The number of ether oxygens (including phenoxy) is 3. The Morgan fingerprint density at radius 1 is 0.680 bits per heavy atom. The van der Waals surface area contributed by atoms with Gasteiger partial charge in [0.25, 0.3) is 0 Å².